The van der Waals surface area contributed by atoms with Crippen molar-refractivity contribution in [1.29, 1.82) is 0 Å². The molecule has 1 aliphatic heterocycles. The van der Waals surface area contributed by atoms with E-state index in [1.54, 1.807) is 12.4 Å². The van der Waals surface area contributed by atoms with Gasteiger partial charge < -0.3 is 14.3 Å². The predicted octanol–water partition coefficient (Wildman–Crippen LogP) is 4.03. The lowest BCUT2D eigenvalue weighted by Gasteiger charge is -2.39. The molecule has 0 radical (unpaired) electrons. The maximum atomic E-state index is 13.4. The van der Waals surface area contributed by atoms with Gasteiger partial charge in [-0.05, 0) is 24.8 Å². The van der Waals surface area contributed by atoms with Crippen molar-refractivity contribution in [2.24, 2.45) is 5.92 Å². The van der Waals surface area contributed by atoms with E-state index in [2.05, 4.69) is 17.0 Å². The quantitative estimate of drug-likeness (QED) is 0.459. The van der Waals surface area contributed by atoms with Crippen molar-refractivity contribution >= 4 is 5.97 Å². The summed E-state index contributed by atoms with van der Waals surface area (Å²) in [6, 6.07) is 9.67. The monoisotopic (exact) mass is 452 g/mol. The molecule has 3 atom stereocenters. The molecular weight excluding hydrogens is 414 g/mol. The van der Waals surface area contributed by atoms with Crippen LogP contribution in [0.4, 0.5) is 0 Å². The van der Waals surface area contributed by atoms with Crippen LogP contribution < -0.4 is 0 Å². The van der Waals surface area contributed by atoms with Crippen LogP contribution in [-0.4, -0.2) is 58.3 Å². The van der Waals surface area contributed by atoms with Gasteiger partial charge in [0.25, 0.3) is 0 Å². The summed E-state index contributed by atoms with van der Waals surface area (Å²) in [5, 5.41) is 11.8. The number of nitrogens with zero attached hydrogens (tertiary/aromatic N) is 3. The minimum absolute atomic E-state index is 0.0856. The molecule has 1 aliphatic carbocycles. The van der Waals surface area contributed by atoms with E-state index in [0.29, 0.717) is 12.2 Å². The molecule has 2 unspecified atom stereocenters. The fourth-order valence-corrected chi connectivity index (χ4v) is 5.84. The molecule has 4 rings (SSSR count). The lowest BCUT2D eigenvalue weighted by molar-refractivity contribution is -0.921. The summed E-state index contributed by atoms with van der Waals surface area (Å²) < 4.78 is 6.84. The average Bonchev–Trinajstić information content (AvgIpc) is 3.23. The predicted molar refractivity (Wildman–Crippen MR) is 127 cm³/mol. The van der Waals surface area contributed by atoms with E-state index in [9.17, 15) is 9.90 Å². The number of likely N-dealkylation sites (N-methyl/N-ethyl adjacent to an activating group) is 1. The van der Waals surface area contributed by atoms with Gasteiger partial charge in [-0.25, -0.2) is 4.79 Å². The molecular formula is C27H38N3O3+. The Morgan fingerprint density at radius 3 is 2.64 bits per heavy atom. The van der Waals surface area contributed by atoms with Gasteiger partial charge in [-0.3, -0.25) is 9.97 Å². The smallest absolute Gasteiger partial charge is 0.343 e. The second kappa shape index (κ2) is 10.7. The van der Waals surface area contributed by atoms with Crippen LogP contribution in [0.15, 0.2) is 48.9 Å². The van der Waals surface area contributed by atoms with Crippen molar-refractivity contribution in [2.45, 2.75) is 69.4 Å². The van der Waals surface area contributed by atoms with Crippen LogP contribution >= 0.6 is 0 Å². The number of aryl methyl sites for hydroxylation is 1. The number of aromatic nitrogens is 2. The van der Waals surface area contributed by atoms with Crippen molar-refractivity contribution in [3.63, 3.8) is 0 Å². The third-order valence-corrected chi connectivity index (χ3v) is 7.93. The lowest BCUT2D eigenvalue weighted by atomic mass is 9.73. The van der Waals surface area contributed by atoms with Gasteiger partial charge in [-0.2, -0.15) is 0 Å². The number of rotatable bonds is 9. The number of esters is 1. The van der Waals surface area contributed by atoms with E-state index in [0.717, 1.165) is 74.6 Å². The van der Waals surface area contributed by atoms with Gasteiger partial charge in [0.15, 0.2) is 5.60 Å². The van der Waals surface area contributed by atoms with Crippen molar-refractivity contribution < 1.29 is 19.1 Å². The Balaban J connectivity index is 1.39. The van der Waals surface area contributed by atoms with Crippen molar-refractivity contribution in [1.82, 2.24) is 9.97 Å². The van der Waals surface area contributed by atoms with Crippen molar-refractivity contribution in [3.8, 4) is 0 Å². The van der Waals surface area contributed by atoms with Crippen LogP contribution in [-0.2, 0) is 21.6 Å². The zero-order valence-corrected chi connectivity index (χ0v) is 19.9. The summed E-state index contributed by atoms with van der Waals surface area (Å²) in [6.45, 7) is 2.47. The Labute approximate surface area is 197 Å². The van der Waals surface area contributed by atoms with Gasteiger partial charge in [-0.1, -0.05) is 49.6 Å². The number of benzene rings is 1. The molecule has 2 heterocycles. The van der Waals surface area contributed by atoms with Gasteiger partial charge in [0.2, 0.25) is 0 Å². The summed E-state index contributed by atoms with van der Waals surface area (Å²) in [7, 11) is 2.27. The highest BCUT2D eigenvalue weighted by Gasteiger charge is 2.48. The first kappa shape index (κ1) is 23.8. The highest BCUT2D eigenvalue weighted by molar-refractivity contribution is 5.81. The van der Waals surface area contributed by atoms with Gasteiger partial charge in [0.05, 0.1) is 25.8 Å². The molecule has 1 aromatic carbocycles. The molecule has 1 saturated heterocycles. The number of aliphatic hydroxyl groups is 1. The van der Waals surface area contributed by atoms with Crippen LogP contribution in [0.2, 0.25) is 0 Å². The van der Waals surface area contributed by atoms with Gasteiger partial charge in [0.1, 0.15) is 12.6 Å². The molecule has 1 saturated carbocycles. The first-order valence-electron chi connectivity index (χ1n) is 12.6. The molecule has 6 nitrogen and oxygen atoms in total. The lowest BCUT2D eigenvalue weighted by Crippen LogP contribution is -2.52. The fraction of sp³-hybridized carbons (Fsp3) is 0.593. The third kappa shape index (κ3) is 5.44. The van der Waals surface area contributed by atoms with Gasteiger partial charge >= 0.3 is 5.97 Å². The summed E-state index contributed by atoms with van der Waals surface area (Å²) in [5.41, 5.74) is 0.122. The maximum Gasteiger partial charge on any atom is 0.343 e. The molecule has 2 fully saturated rings. The Kier molecular flexibility index (Phi) is 7.76. The van der Waals surface area contributed by atoms with E-state index in [1.807, 2.05) is 36.5 Å². The zero-order chi connectivity index (χ0) is 23.2. The number of carbonyl (C=O) groups excluding carboxylic acids is 1. The highest BCUT2D eigenvalue weighted by Crippen LogP contribution is 2.40. The van der Waals surface area contributed by atoms with Crippen LogP contribution in [0.5, 0.6) is 0 Å². The minimum atomic E-state index is -1.56. The zero-order valence-electron chi connectivity index (χ0n) is 19.9. The molecule has 0 amide bonds. The van der Waals surface area contributed by atoms with Crippen molar-refractivity contribution in [3.05, 3.63) is 60.2 Å². The second-order valence-electron chi connectivity index (χ2n) is 10.1. The molecule has 6 heteroatoms. The summed E-state index contributed by atoms with van der Waals surface area (Å²) in [6.07, 6.45) is 14.4. The van der Waals surface area contributed by atoms with Crippen LogP contribution in [0.25, 0.3) is 0 Å². The molecule has 2 aromatic rings. The Morgan fingerprint density at radius 2 is 1.91 bits per heavy atom. The summed E-state index contributed by atoms with van der Waals surface area (Å²) >= 11 is 0. The van der Waals surface area contributed by atoms with Gasteiger partial charge in [-0.15, -0.1) is 0 Å². The van der Waals surface area contributed by atoms with E-state index in [4.69, 9.17) is 4.74 Å². The summed E-state index contributed by atoms with van der Waals surface area (Å²) in [5.74, 6) is -0.559. The Bertz CT molecular complexity index is 888. The molecule has 1 aromatic heterocycles. The highest BCUT2D eigenvalue weighted by atomic mass is 16.6. The SMILES string of the molecule is C[N+]1(CCCc2cnccn2)CCC[C@@H]1COC(=O)C(O)(c1ccccc1)C1CCCCC1. The Hall–Kier alpha value is -2.31. The number of ether oxygens (including phenoxy) is 1. The number of hydrogen-bond donors (Lipinski definition) is 1. The number of likely N-dealkylation sites (tertiary alicyclic amines) is 1. The second-order valence-corrected chi connectivity index (χ2v) is 10.1. The number of carbonyl (C=O) groups is 1. The summed E-state index contributed by atoms with van der Waals surface area (Å²) in [4.78, 5) is 22.0. The first-order chi connectivity index (χ1) is 16.0. The number of quaternary nitrogens is 1. The largest absolute Gasteiger partial charge is 0.457 e. The standard InChI is InChI=1S/C27H38N3O3/c1-30(18-8-14-24-20-28-16-17-29-24)19-9-15-25(30)21-33-26(31)27(32,22-10-4-2-5-11-22)23-12-6-3-7-13-23/h2,4-5,10-11,16-17,20,23,25,32H,3,6-9,12-15,18-19,21H2,1H3/q+1/t25-,27?,30?/m1/s1. The number of hydrogen-bond acceptors (Lipinski definition) is 5. The van der Waals surface area contributed by atoms with E-state index in [-0.39, 0.29) is 12.0 Å². The molecule has 2 aliphatic rings. The normalized spacial score (nSPS) is 25.5. The molecule has 1 N–H and O–H groups in total. The molecule has 0 spiro atoms. The third-order valence-electron chi connectivity index (χ3n) is 7.93. The van der Waals surface area contributed by atoms with E-state index in [1.165, 1.54) is 6.42 Å². The first-order valence-corrected chi connectivity index (χ1v) is 12.6. The topological polar surface area (TPSA) is 72.3 Å². The van der Waals surface area contributed by atoms with Crippen LogP contribution in [0.3, 0.4) is 0 Å². The fourth-order valence-electron chi connectivity index (χ4n) is 5.84. The van der Waals surface area contributed by atoms with E-state index >= 15 is 0 Å². The van der Waals surface area contributed by atoms with Crippen LogP contribution in [0, 0.1) is 5.92 Å². The van der Waals surface area contributed by atoms with E-state index < -0.39 is 11.6 Å². The Morgan fingerprint density at radius 1 is 1.12 bits per heavy atom. The van der Waals surface area contributed by atoms with Gasteiger partial charge in [0, 0.05) is 43.8 Å². The van der Waals surface area contributed by atoms with Crippen molar-refractivity contribution in [2.75, 3.05) is 26.7 Å². The van der Waals surface area contributed by atoms with Crippen LogP contribution in [0.1, 0.15) is 62.6 Å². The maximum absolute atomic E-state index is 13.4. The minimum Gasteiger partial charge on any atom is -0.457 e. The molecule has 33 heavy (non-hydrogen) atoms. The average molecular weight is 453 g/mol. The molecule has 178 valence electrons. The molecule has 0 bridgehead atoms.